The van der Waals surface area contributed by atoms with Crippen LogP contribution < -0.4 is 0 Å². The molecule has 0 atom stereocenters. The Bertz CT molecular complexity index is 342. The number of hydrogen-bond acceptors (Lipinski definition) is 0. The Hall–Kier alpha value is -1.24. The fraction of sp³-hybridized carbons (Fsp3) is 0.385. The Balaban J connectivity index is 3.30. The standard InChI is InChI=1S/C13H19N/c1-5-9-11-10-12(6-2)14(8-4)13(11)7-3/h5,7,9-10H,3,6,8H2,1-2,4H3/b9-5-. The highest BCUT2D eigenvalue weighted by Gasteiger charge is 2.07. The van der Waals surface area contributed by atoms with E-state index >= 15 is 0 Å². The van der Waals surface area contributed by atoms with Crippen molar-refractivity contribution in [2.75, 3.05) is 0 Å². The number of aryl methyl sites for hydroxylation is 1. The third kappa shape index (κ3) is 1.82. The van der Waals surface area contributed by atoms with E-state index < -0.39 is 0 Å². The predicted molar refractivity (Wildman–Crippen MR) is 64.3 cm³/mol. The van der Waals surface area contributed by atoms with Gasteiger partial charge in [0.15, 0.2) is 0 Å². The van der Waals surface area contributed by atoms with Crippen molar-refractivity contribution in [3.63, 3.8) is 0 Å². The maximum Gasteiger partial charge on any atom is 0.0476 e. The maximum atomic E-state index is 3.88. The van der Waals surface area contributed by atoms with Gasteiger partial charge in [0.05, 0.1) is 0 Å². The second-order valence-electron chi connectivity index (χ2n) is 3.28. The summed E-state index contributed by atoms with van der Waals surface area (Å²) < 4.78 is 2.32. The van der Waals surface area contributed by atoms with Gasteiger partial charge in [0.1, 0.15) is 0 Å². The van der Waals surface area contributed by atoms with E-state index in [9.17, 15) is 0 Å². The van der Waals surface area contributed by atoms with Gasteiger partial charge >= 0.3 is 0 Å². The minimum Gasteiger partial charge on any atom is -0.345 e. The van der Waals surface area contributed by atoms with E-state index in [0.717, 1.165) is 13.0 Å². The number of aromatic nitrogens is 1. The summed E-state index contributed by atoms with van der Waals surface area (Å²) in [4.78, 5) is 0. The predicted octanol–water partition coefficient (Wildman–Crippen LogP) is 3.75. The van der Waals surface area contributed by atoms with Crippen LogP contribution in [0.5, 0.6) is 0 Å². The zero-order valence-electron chi connectivity index (χ0n) is 9.38. The van der Waals surface area contributed by atoms with E-state index in [-0.39, 0.29) is 0 Å². The van der Waals surface area contributed by atoms with Crippen LogP contribution in [-0.2, 0) is 13.0 Å². The summed E-state index contributed by atoms with van der Waals surface area (Å²) in [5.74, 6) is 0. The van der Waals surface area contributed by atoms with Crippen LogP contribution in [0.3, 0.4) is 0 Å². The van der Waals surface area contributed by atoms with Gasteiger partial charge in [-0.15, -0.1) is 0 Å². The molecular formula is C13H19N. The number of nitrogens with zero attached hydrogens (tertiary/aromatic N) is 1. The Labute approximate surface area is 86.8 Å². The van der Waals surface area contributed by atoms with Crippen molar-refractivity contribution in [3.8, 4) is 0 Å². The van der Waals surface area contributed by atoms with Crippen molar-refractivity contribution < 1.29 is 0 Å². The molecule has 0 fully saturated rings. The van der Waals surface area contributed by atoms with Crippen LogP contribution in [0.15, 0.2) is 18.7 Å². The Morgan fingerprint density at radius 1 is 1.43 bits per heavy atom. The van der Waals surface area contributed by atoms with E-state index in [1.54, 1.807) is 0 Å². The lowest BCUT2D eigenvalue weighted by Gasteiger charge is -2.06. The number of rotatable bonds is 4. The van der Waals surface area contributed by atoms with Crippen molar-refractivity contribution in [2.45, 2.75) is 33.7 Å². The molecule has 14 heavy (non-hydrogen) atoms. The van der Waals surface area contributed by atoms with Crippen molar-refractivity contribution in [1.29, 1.82) is 0 Å². The van der Waals surface area contributed by atoms with Gasteiger partial charge in [0.2, 0.25) is 0 Å². The summed E-state index contributed by atoms with van der Waals surface area (Å²) in [6.45, 7) is 11.3. The molecule has 0 aliphatic heterocycles. The molecular weight excluding hydrogens is 170 g/mol. The van der Waals surface area contributed by atoms with Gasteiger partial charge in [0.25, 0.3) is 0 Å². The highest BCUT2D eigenvalue weighted by molar-refractivity contribution is 5.63. The lowest BCUT2D eigenvalue weighted by molar-refractivity contribution is 0.715. The molecule has 1 aromatic heterocycles. The molecule has 1 aromatic rings. The van der Waals surface area contributed by atoms with Gasteiger partial charge in [-0.25, -0.2) is 0 Å². The highest BCUT2D eigenvalue weighted by Crippen LogP contribution is 2.19. The van der Waals surface area contributed by atoms with Gasteiger partial charge in [-0.05, 0) is 38.0 Å². The average Bonchev–Trinajstić information content (AvgIpc) is 2.55. The summed E-state index contributed by atoms with van der Waals surface area (Å²) in [6.07, 6.45) is 7.23. The summed E-state index contributed by atoms with van der Waals surface area (Å²) in [5, 5.41) is 0. The van der Waals surface area contributed by atoms with E-state index in [1.165, 1.54) is 17.0 Å². The molecule has 1 nitrogen and oxygen atoms in total. The lowest BCUT2D eigenvalue weighted by atomic mass is 10.2. The molecule has 1 heteroatoms. The van der Waals surface area contributed by atoms with Gasteiger partial charge < -0.3 is 4.57 Å². The lowest BCUT2D eigenvalue weighted by Crippen LogP contribution is -2.01. The zero-order valence-corrected chi connectivity index (χ0v) is 9.38. The third-order valence-electron chi connectivity index (χ3n) is 2.47. The molecule has 0 spiro atoms. The quantitative estimate of drug-likeness (QED) is 0.680. The highest BCUT2D eigenvalue weighted by atomic mass is 15.0. The topological polar surface area (TPSA) is 4.93 Å². The SMILES string of the molecule is C=Cc1c(/C=C\C)cc(CC)n1CC. The molecule has 0 N–H and O–H groups in total. The molecule has 0 radical (unpaired) electrons. The second-order valence-corrected chi connectivity index (χ2v) is 3.28. The summed E-state index contributed by atoms with van der Waals surface area (Å²) in [5.41, 5.74) is 3.90. The summed E-state index contributed by atoms with van der Waals surface area (Å²) >= 11 is 0. The van der Waals surface area contributed by atoms with E-state index in [0.29, 0.717) is 0 Å². The van der Waals surface area contributed by atoms with Gasteiger partial charge in [0, 0.05) is 17.9 Å². The summed E-state index contributed by atoms with van der Waals surface area (Å²) in [6, 6.07) is 2.25. The Morgan fingerprint density at radius 3 is 2.57 bits per heavy atom. The van der Waals surface area contributed by atoms with Crippen LogP contribution in [0.4, 0.5) is 0 Å². The molecule has 0 bridgehead atoms. The molecule has 0 aliphatic carbocycles. The zero-order chi connectivity index (χ0) is 10.6. The number of allylic oxidation sites excluding steroid dienone is 1. The number of hydrogen-bond donors (Lipinski definition) is 0. The van der Waals surface area contributed by atoms with E-state index in [1.807, 2.05) is 13.0 Å². The first-order chi connectivity index (χ1) is 6.78. The molecule has 0 aromatic carbocycles. The molecule has 76 valence electrons. The van der Waals surface area contributed by atoms with Crippen LogP contribution in [0, 0.1) is 0 Å². The van der Waals surface area contributed by atoms with Gasteiger partial charge in [-0.3, -0.25) is 0 Å². The monoisotopic (exact) mass is 189 g/mol. The fourth-order valence-electron chi connectivity index (χ4n) is 1.85. The molecule has 1 rings (SSSR count). The third-order valence-corrected chi connectivity index (χ3v) is 2.47. The molecule has 0 unspecified atom stereocenters. The maximum absolute atomic E-state index is 3.88. The van der Waals surface area contributed by atoms with Gasteiger partial charge in [-0.1, -0.05) is 25.7 Å². The van der Waals surface area contributed by atoms with Crippen molar-refractivity contribution in [3.05, 3.63) is 35.7 Å². The molecule has 0 aliphatic rings. The average molecular weight is 189 g/mol. The first-order valence-corrected chi connectivity index (χ1v) is 5.25. The Morgan fingerprint density at radius 2 is 2.14 bits per heavy atom. The summed E-state index contributed by atoms with van der Waals surface area (Å²) in [7, 11) is 0. The first kappa shape index (κ1) is 10.8. The molecule has 0 amide bonds. The van der Waals surface area contributed by atoms with Crippen LogP contribution in [0.25, 0.3) is 12.2 Å². The second kappa shape index (κ2) is 4.85. The van der Waals surface area contributed by atoms with Crippen LogP contribution >= 0.6 is 0 Å². The van der Waals surface area contributed by atoms with E-state index in [2.05, 4.69) is 43.2 Å². The molecule has 0 saturated heterocycles. The Kier molecular flexibility index (Phi) is 3.75. The van der Waals surface area contributed by atoms with Crippen molar-refractivity contribution in [1.82, 2.24) is 4.57 Å². The van der Waals surface area contributed by atoms with Crippen molar-refractivity contribution >= 4 is 12.2 Å². The molecule has 0 saturated carbocycles. The minimum absolute atomic E-state index is 1.02. The smallest absolute Gasteiger partial charge is 0.0476 e. The van der Waals surface area contributed by atoms with Crippen LogP contribution in [0.2, 0.25) is 0 Å². The largest absolute Gasteiger partial charge is 0.345 e. The minimum atomic E-state index is 1.02. The van der Waals surface area contributed by atoms with Gasteiger partial charge in [-0.2, -0.15) is 0 Å². The van der Waals surface area contributed by atoms with Crippen LogP contribution in [0.1, 0.15) is 37.7 Å². The fourth-order valence-corrected chi connectivity index (χ4v) is 1.85. The van der Waals surface area contributed by atoms with Crippen molar-refractivity contribution in [2.24, 2.45) is 0 Å². The molecule has 1 heterocycles. The van der Waals surface area contributed by atoms with Crippen LogP contribution in [-0.4, -0.2) is 4.57 Å². The first-order valence-electron chi connectivity index (χ1n) is 5.25. The van der Waals surface area contributed by atoms with E-state index in [4.69, 9.17) is 0 Å². The normalized spacial score (nSPS) is 11.1.